The Balaban J connectivity index is 2.17. The lowest BCUT2D eigenvalue weighted by Gasteiger charge is -2.19. The molecule has 0 atom stereocenters. The second-order valence-corrected chi connectivity index (χ2v) is 4.58. The van der Waals surface area contributed by atoms with Gasteiger partial charge in [0.05, 0.1) is 11.6 Å². The van der Waals surface area contributed by atoms with Gasteiger partial charge >= 0.3 is 0 Å². The van der Waals surface area contributed by atoms with E-state index in [9.17, 15) is 0 Å². The molecule has 0 aliphatic heterocycles. The molecule has 0 fully saturated rings. The fraction of sp³-hybridized carbons (Fsp3) is 0.133. The molecule has 2 nitrogen and oxygen atoms in total. The Bertz CT molecular complexity index is 587. The summed E-state index contributed by atoms with van der Waals surface area (Å²) >= 11 is 5.96. The van der Waals surface area contributed by atoms with Crippen LogP contribution in [-0.4, -0.2) is 7.05 Å². The molecular formula is C15H13ClN2. The van der Waals surface area contributed by atoms with Gasteiger partial charge in [-0.1, -0.05) is 29.8 Å². The molecule has 18 heavy (non-hydrogen) atoms. The van der Waals surface area contributed by atoms with Gasteiger partial charge in [-0.2, -0.15) is 5.26 Å². The monoisotopic (exact) mass is 256 g/mol. The van der Waals surface area contributed by atoms with Crippen LogP contribution in [0.5, 0.6) is 0 Å². The maximum absolute atomic E-state index is 8.88. The Hall–Kier alpha value is -1.98. The minimum absolute atomic E-state index is 0.672. The molecule has 0 bridgehead atoms. The Morgan fingerprint density at radius 2 is 1.94 bits per heavy atom. The zero-order valence-electron chi connectivity index (χ0n) is 10.1. The van der Waals surface area contributed by atoms with E-state index in [0.717, 1.165) is 22.8 Å². The molecular weight excluding hydrogens is 244 g/mol. The molecule has 0 radical (unpaired) electrons. The molecule has 2 rings (SSSR count). The van der Waals surface area contributed by atoms with Crippen LogP contribution in [0.3, 0.4) is 0 Å². The zero-order chi connectivity index (χ0) is 13.0. The number of rotatable bonds is 3. The first-order valence-electron chi connectivity index (χ1n) is 5.65. The highest BCUT2D eigenvalue weighted by molar-refractivity contribution is 6.30. The molecule has 0 unspecified atom stereocenters. The van der Waals surface area contributed by atoms with Gasteiger partial charge in [-0.05, 0) is 35.9 Å². The summed E-state index contributed by atoms with van der Waals surface area (Å²) in [7, 11) is 2.00. The van der Waals surface area contributed by atoms with E-state index in [2.05, 4.69) is 11.0 Å². The zero-order valence-corrected chi connectivity index (χ0v) is 10.9. The predicted molar refractivity (Wildman–Crippen MR) is 74.7 cm³/mol. The number of hydrogen-bond acceptors (Lipinski definition) is 2. The van der Waals surface area contributed by atoms with Crippen molar-refractivity contribution in [3.05, 3.63) is 64.7 Å². The van der Waals surface area contributed by atoms with Crippen molar-refractivity contribution in [2.45, 2.75) is 6.54 Å². The van der Waals surface area contributed by atoms with Gasteiger partial charge in [-0.3, -0.25) is 0 Å². The maximum atomic E-state index is 8.88. The summed E-state index contributed by atoms with van der Waals surface area (Å²) in [6.45, 7) is 0.759. The molecule has 0 saturated carbocycles. The highest BCUT2D eigenvalue weighted by atomic mass is 35.5. The standard InChI is InChI=1S/C15H13ClN2/c1-18(11-13-5-2-6-14(16)8-13)15-7-3-4-12(9-15)10-17/h2-9H,11H2,1H3. The molecule has 0 aliphatic rings. The molecule has 0 heterocycles. The summed E-state index contributed by atoms with van der Waals surface area (Å²) in [6, 6.07) is 17.5. The van der Waals surface area contributed by atoms with Crippen LogP contribution in [-0.2, 0) is 6.54 Å². The molecule has 0 amide bonds. The molecule has 2 aromatic carbocycles. The van der Waals surface area contributed by atoms with Crippen LogP contribution in [0, 0.1) is 11.3 Å². The van der Waals surface area contributed by atoms with Crippen molar-refractivity contribution < 1.29 is 0 Å². The van der Waals surface area contributed by atoms with Gasteiger partial charge in [0, 0.05) is 24.3 Å². The van der Waals surface area contributed by atoms with Crippen molar-refractivity contribution in [3.8, 4) is 6.07 Å². The molecule has 90 valence electrons. The lowest BCUT2D eigenvalue weighted by atomic mass is 10.1. The van der Waals surface area contributed by atoms with Crippen LogP contribution < -0.4 is 4.90 Å². The second-order valence-electron chi connectivity index (χ2n) is 4.15. The molecule has 0 aromatic heterocycles. The van der Waals surface area contributed by atoms with Crippen molar-refractivity contribution in [1.29, 1.82) is 5.26 Å². The van der Waals surface area contributed by atoms with Gasteiger partial charge in [0.2, 0.25) is 0 Å². The normalized spacial score (nSPS) is 9.83. The number of nitriles is 1. The summed E-state index contributed by atoms with van der Waals surface area (Å²) in [6.07, 6.45) is 0. The molecule has 0 aliphatic carbocycles. The summed E-state index contributed by atoms with van der Waals surface area (Å²) in [5.41, 5.74) is 2.84. The number of anilines is 1. The number of nitrogens with zero attached hydrogens (tertiary/aromatic N) is 2. The maximum Gasteiger partial charge on any atom is 0.0992 e. The third kappa shape index (κ3) is 3.03. The van der Waals surface area contributed by atoms with E-state index in [-0.39, 0.29) is 0 Å². The summed E-state index contributed by atoms with van der Waals surface area (Å²) in [5.74, 6) is 0. The molecule has 0 N–H and O–H groups in total. The number of halogens is 1. The van der Waals surface area contributed by atoms with E-state index in [0.29, 0.717) is 5.56 Å². The van der Waals surface area contributed by atoms with Crippen molar-refractivity contribution in [3.63, 3.8) is 0 Å². The Kier molecular flexibility index (Phi) is 3.86. The second kappa shape index (κ2) is 5.57. The van der Waals surface area contributed by atoms with E-state index >= 15 is 0 Å². The summed E-state index contributed by atoms with van der Waals surface area (Å²) in [4.78, 5) is 2.09. The van der Waals surface area contributed by atoms with Crippen LogP contribution in [0.15, 0.2) is 48.5 Å². The number of hydrogen-bond donors (Lipinski definition) is 0. The first-order chi connectivity index (χ1) is 8.69. The Morgan fingerprint density at radius 3 is 2.67 bits per heavy atom. The summed E-state index contributed by atoms with van der Waals surface area (Å²) in [5, 5.41) is 9.63. The van der Waals surface area contributed by atoms with Crippen molar-refractivity contribution in [2.24, 2.45) is 0 Å². The van der Waals surface area contributed by atoms with Gasteiger partial charge < -0.3 is 4.90 Å². The average molecular weight is 257 g/mol. The van der Waals surface area contributed by atoms with Crippen molar-refractivity contribution >= 4 is 17.3 Å². The van der Waals surface area contributed by atoms with Crippen LogP contribution in [0.4, 0.5) is 5.69 Å². The average Bonchev–Trinajstić information content (AvgIpc) is 2.39. The third-order valence-electron chi connectivity index (χ3n) is 2.72. The van der Waals surface area contributed by atoms with Gasteiger partial charge in [0.1, 0.15) is 0 Å². The first-order valence-corrected chi connectivity index (χ1v) is 6.02. The molecule has 3 heteroatoms. The van der Waals surface area contributed by atoms with E-state index in [1.807, 2.05) is 49.5 Å². The van der Waals surface area contributed by atoms with E-state index < -0.39 is 0 Å². The minimum Gasteiger partial charge on any atom is -0.370 e. The van der Waals surface area contributed by atoms with Crippen LogP contribution in [0.2, 0.25) is 5.02 Å². The lowest BCUT2D eigenvalue weighted by Crippen LogP contribution is -2.16. The Morgan fingerprint density at radius 1 is 1.17 bits per heavy atom. The molecule has 0 spiro atoms. The predicted octanol–water partition coefficient (Wildman–Crippen LogP) is 3.85. The van der Waals surface area contributed by atoms with E-state index in [1.165, 1.54) is 0 Å². The van der Waals surface area contributed by atoms with E-state index in [4.69, 9.17) is 16.9 Å². The minimum atomic E-state index is 0.672. The van der Waals surface area contributed by atoms with Gasteiger partial charge in [0.15, 0.2) is 0 Å². The van der Waals surface area contributed by atoms with E-state index in [1.54, 1.807) is 6.07 Å². The topological polar surface area (TPSA) is 27.0 Å². The fourth-order valence-electron chi connectivity index (χ4n) is 1.81. The largest absolute Gasteiger partial charge is 0.370 e. The van der Waals surface area contributed by atoms with Crippen LogP contribution in [0.25, 0.3) is 0 Å². The summed E-state index contributed by atoms with van der Waals surface area (Å²) < 4.78 is 0. The van der Waals surface area contributed by atoms with Crippen molar-refractivity contribution in [1.82, 2.24) is 0 Å². The Labute approximate surface area is 112 Å². The fourth-order valence-corrected chi connectivity index (χ4v) is 2.03. The third-order valence-corrected chi connectivity index (χ3v) is 2.96. The van der Waals surface area contributed by atoms with Gasteiger partial charge in [-0.15, -0.1) is 0 Å². The highest BCUT2D eigenvalue weighted by Gasteiger charge is 2.03. The first kappa shape index (κ1) is 12.5. The van der Waals surface area contributed by atoms with Gasteiger partial charge in [-0.25, -0.2) is 0 Å². The smallest absolute Gasteiger partial charge is 0.0992 e. The highest BCUT2D eigenvalue weighted by Crippen LogP contribution is 2.18. The SMILES string of the molecule is CN(Cc1cccc(Cl)c1)c1cccc(C#N)c1. The van der Waals surface area contributed by atoms with Crippen LogP contribution in [0.1, 0.15) is 11.1 Å². The molecule has 2 aromatic rings. The lowest BCUT2D eigenvalue weighted by molar-refractivity contribution is 0.923. The van der Waals surface area contributed by atoms with Gasteiger partial charge in [0.25, 0.3) is 0 Å². The van der Waals surface area contributed by atoms with Crippen LogP contribution >= 0.6 is 11.6 Å². The number of benzene rings is 2. The van der Waals surface area contributed by atoms with Crippen molar-refractivity contribution in [2.75, 3.05) is 11.9 Å². The molecule has 0 saturated heterocycles. The quantitative estimate of drug-likeness (QED) is 0.834.